The second-order valence-electron chi connectivity index (χ2n) is 4.68. The number of hydrogen-bond donors (Lipinski definition) is 0. The Morgan fingerprint density at radius 2 is 2.06 bits per heavy atom. The molecule has 4 fully saturated rings. The van der Waals surface area contributed by atoms with Crippen molar-refractivity contribution in [3.05, 3.63) is 0 Å². The van der Waals surface area contributed by atoms with Crippen LogP contribution < -0.4 is 5.11 Å². The predicted molar refractivity (Wildman–Crippen MR) is 54.6 cm³/mol. The van der Waals surface area contributed by atoms with Crippen molar-refractivity contribution in [1.82, 2.24) is 4.90 Å². The minimum atomic E-state index is -1.30. The first-order valence-corrected chi connectivity index (χ1v) is 6.19. The zero-order valence-corrected chi connectivity index (χ0v) is 10.4. The number of carbonyl (C=O) groups is 3. The molecule has 6 unspecified atom stereocenters. The van der Waals surface area contributed by atoms with E-state index in [1.165, 1.54) is 4.90 Å². The van der Waals surface area contributed by atoms with Gasteiger partial charge in [0.05, 0.1) is 22.7 Å². The quantitative estimate of drug-likeness (QED) is 0.418. The summed E-state index contributed by atoms with van der Waals surface area (Å²) in [6.07, 6.45) is -0.545. The number of piperidine rings is 2. The molecule has 17 heavy (non-hydrogen) atoms. The zero-order valence-electron chi connectivity index (χ0n) is 8.83. The molecule has 1 amide bonds. The van der Waals surface area contributed by atoms with Crippen LogP contribution in [0.4, 0.5) is 0 Å². The second-order valence-corrected chi connectivity index (χ2v) is 5.74. The van der Waals surface area contributed by atoms with Gasteiger partial charge < -0.3 is 19.5 Å². The Morgan fingerprint density at radius 1 is 1.41 bits per heavy atom. The van der Waals surface area contributed by atoms with E-state index in [0.717, 1.165) is 0 Å². The molecule has 92 valence electrons. The number of amides is 1. The average molecular weight is 303 g/mol. The third-order valence-electron chi connectivity index (χ3n) is 4.01. The van der Waals surface area contributed by atoms with E-state index in [9.17, 15) is 19.5 Å². The van der Waals surface area contributed by atoms with Crippen LogP contribution in [0.25, 0.3) is 0 Å². The minimum absolute atomic E-state index is 0.218. The molecule has 0 spiro atoms. The molecule has 4 rings (SSSR count). The Kier molecular flexibility index (Phi) is 2.08. The molecule has 1 aliphatic carbocycles. The smallest absolute Gasteiger partial charge is 0.310 e. The van der Waals surface area contributed by atoms with E-state index in [1.54, 1.807) is 7.05 Å². The third kappa shape index (κ3) is 1.13. The number of aliphatic carboxylic acids is 1. The fourth-order valence-corrected chi connectivity index (χ4v) is 4.41. The van der Waals surface area contributed by atoms with Crippen LogP contribution in [-0.4, -0.2) is 46.8 Å². The third-order valence-corrected chi connectivity index (χ3v) is 5.08. The van der Waals surface area contributed by atoms with Crippen molar-refractivity contribution in [3.8, 4) is 0 Å². The maximum absolute atomic E-state index is 12.0. The number of hydrogen-bond acceptors (Lipinski definition) is 5. The van der Waals surface area contributed by atoms with E-state index in [2.05, 4.69) is 15.9 Å². The predicted octanol–water partition coefficient (Wildman–Crippen LogP) is -1.87. The van der Waals surface area contributed by atoms with Gasteiger partial charge in [-0.3, -0.25) is 9.59 Å². The van der Waals surface area contributed by atoms with Crippen LogP contribution in [0.3, 0.4) is 0 Å². The highest BCUT2D eigenvalue weighted by atomic mass is 79.9. The molecule has 6 atom stereocenters. The van der Waals surface area contributed by atoms with Crippen molar-refractivity contribution in [2.24, 2.45) is 17.8 Å². The van der Waals surface area contributed by atoms with Crippen LogP contribution >= 0.6 is 15.9 Å². The Labute approximate surface area is 105 Å². The number of fused-ring (bicyclic) bond motifs is 1. The molecule has 0 aromatic heterocycles. The van der Waals surface area contributed by atoms with Crippen LogP contribution in [0.2, 0.25) is 0 Å². The average Bonchev–Trinajstić information content (AvgIpc) is 2.54. The fourth-order valence-electron chi connectivity index (χ4n) is 3.29. The van der Waals surface area contributed by atoms with Crippen LogP contribution in [0, 0.1) is 17.8 Å². The molecule has 4 aliphatic rings. The lowest BCUT2D eigenvalue weighted by molar-refractivity contribution is -0.316. The molecule has 1 saturated carbocycles. The van der Waals surface area contributed by atoms with Gasteiger partial charge in [0.2, 0.25) is 5.91 Å². The summed E-state index contributed by atoms with van der Waals surface area (Å²) in [7, 11) is 1.55. The largest absolute Gasteiger partial charge is 0.550 e. The molecule has 3 aliphatic heterocycles. The first-order chi connectivity index (χ1) is 7.95. The van der Waals surface area contributed by atoms with Crippen LogP contribution in [-0.2, 0) is 19.1 Å². The van der Waals surface area contributed by atoms with Gasteiger partial charge in [0, 0.05) is 18.9 Å². The highest BCUT2D eigenvalue weighted by Crippen LogP contribution is 2.51. The van der Waals surface area contributed by atoms with E-state index in [-0.39, 0.29) is 10.7 Å². The molecular weight excluding hydrogens is 294 g/mol. The Hall–Kier alpha value is -1.11. The summed E-state index contributed by atoms with van der Waals surface area (Å²) in [6.45, 7) is 0. The number of alkyl halides is 1. The summed E-state index contributed by atoms with van der Waals surface area (Å²) in [5.74, 6) is -4.67. The van der Waals surface area contributed by atoms with Gasteiger partial charge in [0.15, 0.2) is 0 Å². The maximum Gasteiger partial charge on any atom is 0.310 e. The van der Waals surface area contributed by atoms with Gasteiger partial charge in [-0.15, -0.1) is 0 Å². The molecule has 0 N–H and O–H groups in total. The van der Waals surface area contributed by atoms with Crippen LogP contribution in [0.15, 0.2) is 0 Å². The summed E-state index contributed by atoms with van der Waals surface area (Å²) in [6, 6.07) is -0.584. The van der Waals surface area contributed by atoms with Crippen molar-refractivity contribution in [3.63, 3.8) is 0 Å². The van der Waals surface area contributed by atoms with E-state index < -0.39 is 41.8 Å². The molecule has 0 radical (unpaired) electrons. The Bertz CT molecular complexity index is 438. The van der Waals surface area contributed by atoms with E-state index >= 15 is 0 Å². The number of carboxylic acids is 1. The van der Waals surface area contributed by atoms with E-state index in [1.807, 2.05) is 0 Å². The Balaban J connectivity index is 2.14. The SMILES string of the molecule is CN1C(=O)C2C3OC(=O)C2C(C(=O)[O-])C1C3Br. The topological polar surface area (TPSA) is 86.7 Å². The monoisotopic (exact) mass is 302 g/mol. The molecule has 4 bridgehead atoms. The number of nitrogens with zero attached hydrogens (tertiary/aromatic N) is 1. The summed E-state index contributed by atoms with van der Waals surface area (Å²) < 4.78 is 5.11. The first kappa shape index (κ1) is 11.0. The normalized spacial score (nSPS) is 47.3. The molecule has 0 aromatic rings. The number of carboxylic acid groups (broad SMARTS) is 1. The molecule has 3 saturated heterocycles. The lowest BCUT2D eigenvalue weighted by atomic mass is 9.65. The van der Waals surface area contributed by atoms with Crippen LogP contribution in [0.5, 0.6) is 0 Å². The number of halogens is 1. The lowest BCUT2D eigenvalue weighted by Gasteiger charge is -2.52. The molecular formula is C10H9BrNO5-. The van der Waals surface area contributed by atoms with Crippen molar-refractivity contribution in [2.45, 2.75) is 17.0 Å². The van der Waals surface area contributed by atoms with E-state index in [4.69, 9.17) is 4.74 Å². The number of ether oxygens (including phenoxy) is 1. The van der Waals surface area contributed by atoms with Gasteiger partial charge in [0.25, 0.3) is 0 Å². The molecule has 3 heterocycles. The second kappa shape index (κ2) is 3.22. The van der Waals surface area contributed by atoms with Crippen LogP contribution in [0.1, 0.15) is 0 Å². The number of carbonyl (C=O) groups excluding carboxylic acids is 3. The van der Waals surface area contributed by atoms with E-state index in [0.29, 0.717) is 0 Å². The fraction of sp³-hybridized carbons (Fsp3) is 0.700. The summed E-state index contributed by atoms with van der Waals surface area (Å²) in [4.78, 5) is 35.9. The van der Waals surface area contributed by atoms with Crippen molar-refractivity contribution >= 4 is 33.8 Å². The Morgan fingerprint density at radius 3 is 2.65 bits per heavy atom. The van der Waals surface area contributed by atoms with Gasteiger partial charge in [0.1, 0.15) is 6.10 Å². The highest BCUT2D eigenvalue weighted by molar-refractivity contribution is 9.09. The molecule has 6 nitrogen and oxygen atoms in total. The maximum atomic E-state index is 12.0. The highest BCUT2D eigenvalue weighted by Gasteiger charge is 2.68. The minimum Gasteiger partial charge on any atom is -0.550 e. The lowest BCUT2D eigenvalue weighted by Crippen LogP contribution is -2.70. The first-order valence-electron chi connectivity index (χ1n) is 5.27. The molecule has 0 aromatic carbocycles. The van der Waals surface area contributed by atoms with Crippen molar-refractivity contribution in [1.29, 1.82) is 0 Å². The van der Waals surface area contributed by atoms with Crippen molar-refractivity contribution < 1.29 is 24.2 Å². The van der Waals surface area contributed by atoms with Gasteiger partial charge in [-0.25, -0.2) is 0 Å². The van der Waals surface area contributed by atoms with Crippen molar-refractivity contribution in [2.75, 3.05) is 7.05 Å². The molecule has 7 heteroatoms. The van der Waals surface area contributed by atoms with Gasteiger partial charge in [-0.1, -0.05) is 15.9 Å². The summed E-state index contributed by atoms with van der Waals surface area (Å²) in [5.41, 5.74) is 0. The zero-order chi connectivity index (χ0) is 12.5. The standard InChI is InChI=1S/C10H10BrNO5/c1-12-6-3(9(14)15)2-4(8(12)13)7(5(6)11)17-10(2)16/h2-7H,1H3,(H,14,15)/p-1. The number of rotatable bonds is 1. The van der Waals surface area contributed by atoms with Gasteiger partial charge in [-0.05, 0) is 0 Å². The van der Waals surface area contributed by atoms with Gasteiger partial charge in [-0.2, -0.15) is 0 Å². The summed E-state index contributed by atoms with van der Waals surface area (Å²) >= 11 is 3.34. The van der Waals surface area contributed by atoms with Gasteiger partial charge >= 0.3 is 5.97 Å². The summed E-state index contributed by atoms with van der Waals surface area (Å²) in [5, 5.41) is 11.2. The number of esters is 1.